The lowest BCUT2D eigenvalue weighted by molar-refractivity contribution is 0.172. The van der Waals surface area contributed by atoms with Gasteiger partial charge in [-0.15, -0.1) is 0 Å². The molecule has 0 saturated heterocycles. The first-order chi connectivity index (χ1) is 12.0. The number of pyridine rings is 1. The molecule has 0 aliphatic carbocycles. The molecule has 8 heteroatoms. The summed E-state index contributed by atoms with van der Waals surface area (Å²) < 4.78 is 29.1. The number of ether oxygens (including phenoxy) is 2. The predicted molar refractivity (Wildman–Crippen MR) is 94.5 cm³/mol. The Morgan fingerprint density at radius 1 is 1.32 bits per heavy atom. The zero-order valence-corrected chi connectivity index (χ0v) is 15.1. The normalized spacial score (nSPS) is 14.8. The van der Waals surface area contributed by atoms with E-state index in [9.17, 15) is 9.46 Å². The molecule has 7 nitrogen and oxygen atoms in total. The molecule has 0 saturated carbocycles. The number of nitrogens with zero attached hydrogens (tertiary/aromatic N) is 1. The van der Waals surface area contributed by atoms with E-state index in [2.05, 4.69) is 10.3 Å². The van der Waals surface area contributed by atoms with E-state index in [1.54, 1.807) is 30.6 Å². The maximum atomic E-state index is 12.5. The van der Waals surface area contributed by atoms with E-state index in [0.717, 1.165) is 11.1 Å². The molecule has 1 unspecified atom stereocenters. The smallest absolute Gasteiger partial charge is 0.395 e. The molecule has 2 N–H and O–H groups in total. The van der Waals surface area contributed by atoms with Crippen molar-refractivity contribution in [3.8, 4) is 17.2 Å². The fourth-order valence-corrected chi connectivity index (χ4v) is 3.60. The number of aryl methyl sites for hydroxylation is 1. The minimum atomic E-state index is -3.91. The zero-order chi connectivity index (χ0) is 17.9. The molecular weight excluding hydrogens is 343 g/mol. The van der Waals surface area contributed by atoms with E-state index in [0.29, 0.717) is 35.8 Å². The summed E-state index contributed by atoms with van der Waals surface area (Å²) in [7, 11) is -3.91. The number of fused-ring (bicyclic) bond motifs is 1. The van der Waals surface area contributed by atoms with Crippen LogP contribution in [0.25, 0.3) is 0 Å². The highest BCUT2D eigenvalue weighted by atomic mass is 31.2. The van der Waals surface area contributed by atoms with Crippen LogP contribution in [0.15, 0.2) is 30.6 Å². The molecule has 0 radical (unpaired) electrons. The Morgan fingerprint density at radius 3 is 2.80 bits per heavy atom. The third-order valence-corrected chi connectivity index (χ3v) is 4.94. The predicted octanol–water partition coefficient (Wildman–Crippen LogP) is 3.57. The van der Waals surface area contributed by atoms with Gasteiger partial charge in [0.1, 0.15) is 12.0 Å². The van der Waals surface area contributed by atoms with Crippen LogP contribution in [0.5, 0.6) is 17.2 Å². The van der Waals surface area contributed by atoms with Crippen LogP contribution in [-0.4, -0.2) is 23.0 Å². The maximum absolute atomic E-state index is 12.5. The number of rotatable bonds is 7. The van der Waals surface area contributed by atoms with Crippen LogP contribution in [-0.2, 0) is 17.4 Å². The van der Waals surface area contributed by atoms with Crippen molar-refractivity contribution in [2.75, 3.05) is 18.4 Å². The molecule has 1 aromatic heterocycles. The lowest BCUT2D eigenvalue weighted by atomic mass is 10.0. The Balaban J connectivity index is 1.82. The van der Waals surface area contributed by atoms with E-state index in [1.807, 2.05) is 13.8 Å². The minimum absolute atomic E-state index is 0.151. The van der Waals surface area contributed by atoms with Crippen LogP contribution in [0, 0.1) is 0 Å². The molecule has 1 aromatic carbocycles. The van der Waals surface area contributed by atoms with Crippen molar-refractivity contribution in [3.05, 3.63) is 41.7 Å². The SMILES string of the molecule is CCc1cc(OP(=O)(O)CNc2cccnc2)c(CC)c2c1OCO2. The van der Waals surface area contributed by atoms with E-state index >= 15 is 0 Å². The van der Waals surface area contributed by atoms with Crippen molar-refractivity contribution in [2.24, 2.45) is 0 Å². The quantitative estimate of drug-likeness (QED) is 0.726. The Morgan fingerprint density at radius 2 is 2.12 bits per heavy atom. The molecule has 3 rings (SSSR count). The van der Waals surface area contributed by atoms with Gasteiger partial charge in [0, 0.05) is 23.5 Å². The molecule has 25 heavy (non-hydrogen) atoms. The first kappa shape index (κ1) is 17.6. The zero-order valence-electron chi connectivity index (χ0n) is 14.2. The van der Waals surface area contributed by atoms with Gasteiger partial charge in [-0.25, -0.2) is 4.57 Å². The van der Waals surface area contributed by atoms with E-state index < -0.39 is 7.60 Å². The third-order valence-electron chi connectivity index (χ3n) is 3.90. The highest BCUT2D eigenvalue weighted by molar-refractivity contribution is 7.53. The fourth-order valence-electron chi connectivity index (χ4n) is 2.69. The van der Waals surface area contributed by atoms with Crippen molar-refractivity contribution < 1.29 is 23.5 Å². The number of anilines is 1. The molecule has 1 aliphatic rings. The summed E-state index contributed by atoms with van der Waals surface area (Å²) in [5.74, 6) is 1.67. The molecule has 2 heterocycles. The van der Waals surface area contributed by atoms with Gasteiger partial charge >= 0.3 is 7.60 Å². The van der Waals surface area contributed by atoms with E-state index in [-0.39, 0.29) is 13.1 Å². The number of nitrogens with one attached hydrogen (secondary N) is 1. The summed E-state index contributed by atoms with van der Waals surface area (Å²) in [6.07, 6.45) is 4.29. The van der Waals surface area contributed by atoms with Crippen LogP contribution >= 0.6 is 7.60 Å². The summed E-state index contributed by atoms with van der Waals surface area (Å²) in [5.41, 5.74) is 2.27. The van der Waals surface area contributed by atoms with Crippen molar-refractivity contribution >= 4 is 13.3 Å². The Bertz CT molecular complexity index is 797. The molecule has 2 aromatic rings. The minimum Gasteiger partial charge on any atom is -0.453 e. The second-order valence-corrected chi connectivity index (χ2v) is 7.36. The molecule has 0 amide bonds. The fraction of sp³-hybridized carbons (Fsp3) is 0.353. The average Bonchev–Trinajstić information content (AvgIpc) is 3.09. The first-order valence-corrected chi connectivity index (χ1v) is 9.90. The average molecular weight is 364 g/mol. The third kappa shape index (κ3) is 3.89. The van der Waals surface area contributed by atoms with Crippen LogP contribution in [0.2, 0.25) is 0 Å². The Hall–Kier alpha value is -2.24. The molecule has 0 fully saturated rings. The maximum Gasteiger partial charge on any atom is 0.395 e. The van der Waals surface area contributed by atoms with Crippen molar-refractivity contribution in [3.63, 3.8) is 0 Å². The highest BCUT2D eigenvalue weighted by Gasteiger charge is 2.28. The molecule has 0 spiro atoms. The lowest BCUT2D eigenvalue weighted by Gasteiger charge is -2.19. The summed E-state index contributed by atoms with van der Waals surface area (Å²) in [6, 6.07) is 5.27. The van der Waals surface area contributed by atoms with Crippen molar-refractivity contribution in [1.29, 1.82) is 0 Å². The van der Waals surface area contributed by atoms with Gasteiger partial charge in [-0.05, 0) is 31.0 Å². The van der Waals surface area contributed by atoms with Gasteiger partial charge in [0.05, 0.1) is 5.69 Å². The second kappa shape index (κ2) is 7.33. The van der Waals surface area contributed by atoms with Gasteiger partial charge in [-0.1, -0.05) is 13.8 Å². The van der Waals surface area contributed by atoms with Gasteiger partial charge in [-0.2, -0.15) is 0 Å². The lowest BCUT2D eigenvalue weighted by Crippen LogP contribution is -2.08. The van der Waals surface area contributed by atoms with Gasteiger partial charge in [0.2, 0.25) is 6.79 Å². The number of aromatic nitrogens is 1. The summed E-state index contributed by atoms with van der Waals surface area (Å²) in [5, 5.41) is 2.87. The van der Waals surface area contributed by atoms with Gasteiger partial charge in [0.25, 0.3) is 0 Å². The second-order valence-electron chi connectivity index (χ2n) is 5.59. The number of hydrogen-bond donors (Lipinski definition) is 2. The molecule has 0 bridgehead atoms. The Labute approximate surface area is 146 Å². The number of benzene rings is 1. The number of hydrogen-bond acceptors (Lipinski definition) is 6. The Kier molecular flexibility index (Phi) is 5.16. The molecule has 134 valence electrons. The standard InChI is InChI=1S/C17H21N2O5P/c1-3-12-8-15(14(4-2)17-16(12)22-11-23-17)24-25(20,21)10-19-13-6-5-7-18-9-13/h5-9,19H,3-4,10-11H2,1-2H3,(H,20,21). The first-order valence-electron chi connectivity index (χ1n) is 8.13. The van der Waals surface area contributed by atoms with Crippen LogP contribution in [0.3, 0.4) is 0 Å². The van der Waals surface area contributed by atoms with Crippen LogP contribution in [0.4, 0.5) is 5.69 Å². The molecule has 1 atom stereocenters. The molecule has 1 aliphatic heterocycles. The summed E-state index contributed by atoms with van der Waals surface area (Å²) >= 11 is 0. The molecular formula is C17H21N2O5P. The van der Waals surface area contributed by atoms with Crippen molar-refractivity contribution in [1.82, 2.24) is 4.98 Å². The van der Waals surface area contributed by atoms with Gasteiger partial charge in [-0.3, -0.25) is 4.98 Å². The van der Waals surface area contributed by atoms with Gasteiger partial charge < -0.3 is 24.2 Å². The van der Waals surface area contributed by atoms with Crippen LogP contribution in [0.1, 0.15) is 25.0 Å². The van der Waals surface area contributed by atoms with Gasteiger partial charge in [0.15, 0.2) is 11.5 Å². The largest absolute Gasteiger partial charge is 0.453 e. The van der Waals surface area contributed by atoms with Crippen LogP contribution < -0.4 is 19.3 Å². The van der Waals surface area contributed by atoms with E-state index in [1.165, 1.54) is 0 Å². The van der Waals surface area contributed by atoms with Crippen molar-refractivity contribution in [2.45, 2.75) is 26.7 Å². The summed E-state index contributed by atoms with van der Waals surface area (Å²) in [6.45, 7) is 4.07. The topological polar surface area (TPSA) is 89.9 Å². The summed E-state index contributed by atoms with van der Waals surface area (Å²) in [4.78, 5) is 14.2. The monoisotopic (exact) mass is 364 g/mol. The van der Waals surface area contributed by atoms with E-state index in [4.69, 9.17) is 14.0 Å². The highest BCUT2D eigenvalue weighted by Crippen LogP contribution is 2.50.